The van der Waals surface area contributed by atoms with Crippen molar-refractivity contribution in [3.63, 3.8) is 0 Å². The highest BCUT2D eigenvalue weighted by molar-refractivity contribution is 6.34. The highest BCUT2D eigenvalue weighted by Crippen LogP contribution is 2.65. The highest BCUT2D eigenvalue weighted by Gasteiger charge is 2.68. The van der Waals surface area contributed by atoms with E-state index in [0.29, 0.717) is 11.8 Å². The summed E-state index contributed by atoms with van der Waals surface area (Å²) in [5.74, 6) is -3.04. The predicted octanol–water partition coefficient (Wildman–Crippen LogP) is 4.45. The smallest absolute Gasteiger partial charge is 0.379 e. The van der Waals surface area contributed by atoms with Gasteiger partial charge >= 0.3 is 5.97 Å². The number of carbonyl (C=O) groups excluding carboxylic acids is 5. The van der Waals surface area contributed by atoms with Crippen LogP contribution in [0.1, 0.15) is 37.7 Å². The van der Waals surface area contributed by atoms with E-state index in [4.69, 9.17) is 20.8 Å². The van der Waals surface area contributed by atoms with Crippen LogP contribution in [-0.2, 0) is 9.59 Å². The summed E-state index contributed by atoms with van der Waals surface area (Å²) in [6.07, 6.45) is 6.44. The Hall–Kier alpha value is -4.50. The number of nitrogens with zero attached hydrogens (tertiary/aromatic N) is 2. The van der Waals surface area contributed by atoms with Gasteiger partial charge in [0, 0.05) is 5.56 Å². The molecule has 3 aromatic rings. The van der Waals surface area contributed by atoms with E-state index in [2.05, 4.69) is 0 Å². The Labute approximate surface area is 239 Å². The van der Waals surface area contributed by atoms with E-state index >= 15 is 0 Å². The molecule has 0 N–H and O–H groups in total. The van der Waals surface area contributed by atoms with Crippen molar-refractivity contribution in [2.75, 3.05) is 6.54 Å². The van der Waals surface area contributed by atoms with Gasteiger partial charge in [-0.15, -0.1) is 0 Å². The summed E-state index contributed by atoms with van der Waals surface area (Å²) in [7, 11) is 0. The molecule has 41 heavy (non-hydrogen) atoms. The fourth-order valence-corrected chi connectivity index (χ4v) is 6.89. The first kappa shape index (κ1) is 25.5. The van der Waals surface area contributed by atoms with Crippen molar-refractivity contribution in [3.05, 3.63) is 101 Å². The lowest BCUT2D eigenvalue weighted by atomic mass is 9.63. The molecule has 2 heterocycles. The third kappa shape index (κ3) is 4.11. The fraction of sp³-hybridized carbons (Fsp3) is 0.258. The number of amides is 3. The molecule has 0 spiro atoms. The summed E-state index contributed by atoms with van der Waals surface area (Å²) in [6.45, 7) is -0.567. The van der Waals surface area contributed by atoms with Crippen LogP contribution in [0.5, 0.6) is 5.75 Å². The van der Waals surface area contributed by atoms with Crippen LogP contribution in [-0.4, -0.2) is 46.0 Å². The number of rotatable bonds is 7. The van der Waals surface area contributed by atoms with Crippen molar-refractivity contribution < 1.29 is 33.1 Å². The second-order valence-electron chi connectivity index (χ2n) is 10.8. The first-order valence-corrected chi connectivity index (χ1v) is 13.7. The zero-order chi connectivity index (χ0) is 28.4. The SMILES string of the molecule is O=C(CN(C(=O)c1ccccc1Cl)N1C(=O)[C@@H]2[C@H]3C=C[C@@H]([C@@H]4C[C@@H]34)[C@@H]2C1=O)c1ccc(OC(=O)c2ccco2)cc1. The van der Waals surface area contributed by atoms with Gasteiger partial charge in [-0.25, -0.2) is 9.80 Å². The Morgan fingerprint density at radius 1 is 0.902 bits per heavy atom. The number of allylic oxidation sites excluding steroid dienone is 2. The second-order valence-corrected chi connectivity index (χ2v) is 11.2. The third-order valence-corrected chi connectivity index (χ3v) is 8.95. The van der Waals surface area contributed by atoms with Crippen molar-refractivity contribution in [3.8, 4) is 5.75 Å². The lowest BCUT2D eigenvalue weighted by molar-refractivity contribution is -0.154. The van der Waals surface area contributed by atoms with Gasteiger partial charge in [0.2, 0.25) is 5.76 Å². The van der Waals surface area contributed by atoms with Crippen LogP contribution < -0.4 is 4.74 Å². The first-order valence-electron chi connectivity index (χ1n) is 13.3. The highest BCUT2D eigenvalue weighted by atomic mass is 35.5. The predicted molar refractivity (Wildman–Crippen MR) is 143 cm³/mol. The molecule has 9 nitrogen and oxygen atoms in total. The number of ether oxygens (including phenoxy) is 1. The number of halogens is 1. The van der Waals surface area contributed by atoms with E-state index in [9.17, 15) is 24.0 Å². The zero-order valence-corrected chi connectivity index (χ0v) is 22.3. The van der Waals surface area contributed by atoms with Gasteiger partial charge < -0.3 is 9.15 Å². The lowest BCUT2D eigenvalue weighted by Crippen LogP contribution is -2.52. The summed E-state index contributed by atoms with van der Waals surface area (Å²) in [6, 6.07) is 15.1. The maximum Gasteiger partial charge on any atom is 0.379 e. The first-order chi connectivity index (χ1) is 19.8. The molecule has 8 rings (SSSR count). The number of ketones is 1. The molecule has 2 bridgehead atoms. The molecule has 1 saturated heterocycles. The maximum absolute atomic E-state index is 13.8. The lowest BCUT2D eigenvalue weighted by Gasteiger charge is -2.37. The Morgan fingerprint density at radius 3 is 2.17 bits per heavy atom. The molecule has 5 aliphatic rings. The number of hydrogen-bond donors (Lipinski definition) is 0. The molecule has 0 unspecified atom stereocenters. The van der Waals surface area contributed by atoms with Crippen LogP contribution in [0, 0.1) is 35.5 Å². The Balaban J connectivity index is 1.16. The minimum absolute atomic E-state index is 0.0281. The average Bonchev–Trinajstić information content (AvgIpc) is 3.54. The third-order valence-electron chi connectivity index (χ3n) is 8.62. The van der Waals surface area contributed by atoms with E-state index in [1.165, 1.54) is 48.7 Å². The van der Waals surface area contributed by atoms with Crippen LogP contribution in [0.4, 0.5) is 0 Å². The molecule has 3 fully saturated rings. The van der Waals surface area contributed by atoms with E-state index in [1.54, 1.807) is 18.2 Å². The van der Waals surface area contributed by atoms with E-state index in [-0.39, 0.29) is 39.5 Å². The standard InChI is InChI=1S/C31H23ClN2O7/c32-23-5-2-1-4-20(23)28(36)33(34-29(37)26-18-11-12-19(22-14-21(18)22)27(26)30(34)38)15-24(35)16-7-9-17(10-8-16)41-31(39)25-6-3-13-40-25/h1-13,18-19,21-22,26-27H,14-15H2/t18-,19-,21-,22-,26-,27+/m0/s1. The van der Waals surface area contributed by atoms with Gasteiger partial charge in [0.05, 0.1) is 28.7 Å². The fourth-order valence-electron chi connectivity index (χ4n) is 6.67. The topological polar surface area (TPSA) is 114 Å². The second kappa shape index (κ2) is 9.55. The summed E-state index contributed by atoms with van der Waals surface area (Å²) < 4.78 is 10.3. The Bertz CT molecular complexity index is 1590. The minimum Gasteiger partial charge on any atom is -0.457 e. The van der Waals surface area contributed by atoms with Crippen LogP contribution in [0.3, 0.4) is 0 Å². The van der Waals surface area contributed by atoms with Gasteiger partial charge in [-0.3, -0.25) is 19.2 Å². The number of hydrogen-bond acceptors (Lipinski definition) is 7. The molecule has 6 atom stereocenters. The zero-order valence-electron chi connectivity index (χ0n) is 21.5. The number of furan rings is 1. The largest absolute Gasteiger partial charge is 0.457 e. The molecule has 1 aliphatic heterocycles. The average molecular weight is 571 g/mol. The van der Waals surface area contributed by atoms with Gasteiger partial charge in [-0.1, -0.05) is 35.9 Å². The minimum atomic E-state index is -0.723. The molecule has 2 saturated carbocycles. The van der Waals surface area contributed by atoms with Crippen molar-refractivity contribution in [2.45, 2.75) is 6.42 Å². The van der Waals surface area contributed by atoms with Crippen molar-refractivity contribution in [1.29, 1.82) is 0 Å². The maximum atomic E-state index is 13.8. The van der Waals surface area contributed by atoms with Gasteiger partial charge in [-0.05, 0) is 78.6 Å². The van der Waals surface area contributed by atoms with Crippen molar-refractivity contribution >= 4 is 41.1 Å². The van der Waals surface area contributed by atoms with Crippen LogP contribution in [0.2, 0.25) is 5.02 Å². The quantitative estimate of drug-likeness (QED) is 0.136. The normalized spacial score (nSPS) is 26.9. The van der Waals surface area contributed by atoms with E-state index in [1.807, 2.05) is 12.2 Å². The monoisotopic (exact) mass is 570 g/mol. The molecule has 4 aliphatic carbocycles. The molecule has 206 valence electrons. The molecule has 3 amide bonds. The number of benzene rings is 2. The number of hydrazine groups is 1. The Morgan fingerprint density at radius 2 is 1.56 bits per heavy atom. The molecule has 2 aromatic carbocycles. The van der Waals surface area contributed by atoms with E-state index in [0.717, 1.165) is 16.4 Å². The number of esters is 1. The molecule has 0 radical (unpaired) electrons. The Kier molecular flexibility index (Phi) is 5.93. The van der Waals surface area contributed by atoms with Crippen LogP contribution in [0.25, 0.3) is 0 Å². The molecular weight excluding hydrogens is 548 g/mol. The van der Waals surface area contributed by atoms with E-state index < -0.39 is 47.9 Å². The number of imide groups is 1. The number of carbonyl (C=O) groups is 5. The van der Waals surface area contributed by atoms with Gasteiger partial charge in [0.1, 0.15) is 12.3 Å². The van der Waals surface area contributed by atoms with Crippen molar-refractivity contribution in [2.24, 2.45) is 35.5 Å². The van der Waals surface area contributed by atoms with Gasteiger partial charge in [0.15, 0.2) is 5.78 Å². The van der Waals surface area contributed by atoms with Gasteiger partial charge in [-0.2, -0.15) is 5.01 Å². The van der Waals surface area contributed by atoms with Crippen molar-refractivity contribution in [1.82, 2.24) is 10.0 Å². The summed E-state index contributed by atoms with van der Waals surface area (Å²) in [5, 5.41) is 1.95. The summed E-state index contributed by atoms with van der Waals surface area (Å²) in [4.78, 5) is 67.1. The number of Topliss-reactive ketones (excluding diaryl/α,β-unsaturated/α-hetero) is 1. The van der Waals surface area contributed by atoms with Crippen LogP contribution in [0.15, 0.2) is 83.5 Å². The summed E-state index contributed by atoms with van der Waals surface area (Å²) >= 11 is 6.32. The van der Waals surface area contributed by atoms with Gasteiger partial charge in [0.25, 0.3) is 17.7 Å². The molecular formula is C31H23ClN2O7. The molecule has 1 aromatic heterocycles. The van der Waals surface area contributed by atoms with Crippen LogP contribution >= 0.6 is 11.6 Å². The molecule has 10 heteroatoms. The summed E-state index contributed by atoms with van der Waals surface area (Å²) in [5.41, 5.74) is 0.265.